The van der Waals surface area contributed by atoms with Gasteiger partial charge in [-0.1, -0.05) is 0 Å². The van der Waals surface area contributed by atoms with E-state index in [2.05, 4.69) is 10.6 Å². The lowest BCUT2D eigenvalue weighted by molar-refractivity contribution is -0.149. The Balaban J connectivity index is 4.30. The first-order valence-corrected chi connectivity index (χ1v) is 5.29. The second kappa shape index (κ2) is 5.16. The number of carbonyl (C=O) groups is 3. The summed E-state index contributed by atoms with van der Waals surface area (Å²) in [6, 6.07) is -0.622. The number of hydrogen-bond acceptors (Lipinski definition) is 3. The maximum atomic E-state index is 11.4. The number of carbonyl (C=O) groups excluding carboxylic acids is 2. The predicted octanol–water partition coefficient (Wildman–Crippen LogP) is 1.11. The minimum Gasteiger partial charge on any atom is -0.481 e. The van der Waals surface area contributed by atoms with Crippen molar-refractivity contribution in [2.24, 2.45) is 5.41 Å². The van der Waals surface area contributed by atoms with Crippen LogP contribution in [0.3, 0.4) is 0 Å². The summed E-state index contributed by atoms with van der Waals surface area (Å²) in [7, 11) is 0. The molecule has 6 nitrogen and oxygen atoms in total. The molecule has 0 heterocycles. The van der Waals surface area contributed by atoms with Crippen molar-refractivity contribution in [1.82, 2.24) is 10.6 Å². The first-order chi connectivity index (χ1) is 7.44. The fourth-order valence-corrected chi connectivity index (χ4v) is 1.02. The first-order valence-electron chi connectivity index (χ1n) is 5.29. The third kappa shape index (κ3) is 6.55. The zero-order chi connectivity index (χ0) is 13.9. The topological polar surface area (TPSA) is 95.5 Å². The van der Waals surface area contributed by atoms with Gasteiger partial charge in [0.2, 0.25) is 5.91 Å². The van der Waals surface area contributed by atoms with E-state index in [0.717, 1.165) is 0 Å². The Hall–Kier alpha value is -1.59. The number of amides is 3. The molecule has 3 amide bonds. The van der Waals surface area contributed by atoms with Gasteiger partial charge in [-0.2, -0.15) is 0 Å². The van der Waals surface area contributed by atoms with Crippen molar-refractivity contribution in [2.45, 2.75) is 46.6 Å². The Morgan fingerprint density at radius 2 is 1.53 bits per heavy atom. The Kier molecular flexibility index (Phi) is 4.68. The largest absolute Gasteiger partial charge is 0.481 e. The summed E-state index contributed by atoms with van der Waals surface area (Å²) in [5, 5.41) is 13.5. The molecule has 0 aliphatic rings. The van der Waals surface area contributed by atoms with Crippen LogP contribution in [0.5, 0.6) is 0 Å². The second-order valence-corrected chi connectivity index (χ2v) is 5.62. The van der Waals surface area contributed by atoms with Gasteiger partial charge in [0.05, 0.1) is 5.41 Å². The summed E-state index contributed by atoms with van der Waals surface area (Å²) in [6.45, 7) is 8.18. The van der Waals surface area contributed by atoms with Crippen LogP contribution in [0, 0.1) is 5.41 Å². The predicted molar refractivity (Wildman–Crippen MR) is 62.5 cm³/mol. The normalized spacial score (nSPS) is 11.8. The smallest absolute Gasteiger partial charge is 0.321 e. The van der Waals surface area contributed by atoms with Crippen LogP contribution in [0.25, 0.3) is 0 Å². The molecule has 0 aromatic carbocycles. The van der Waals surface area contributed by atoms with Crippen LogP contribution >= 0.6 is 0 Å². The summed E-state index contributed by atoms with van der Waals surface area (Å²) in [6.07, 6.45) is -0.250. The van der Waals surface area contributed by atoms with Gasteiger partial charge in [-0.3, -0.25) is 14.9 Å². The highest BCUT2D eigenvalue weighted by molar-refractivity contribution is 5.96. The van der Waals surface area contributed by atoms with Gasteiger partial charge in [0.25, 0.3) is 0 Å². The lowest BCUT2D eigenvalue weighted by Gasteiger charge is -2.22. The summed E-state index contributed by atoms with van der Waals surface area (Å²) < 4.78 is 0. The summed E-state index contributed by atoms with van der Waals surface area (Å²) in [5.41, 5.74) is -1.64. The molecule has 0 atom stereocenters. The highest BCUT2D eigenvalue weighted by Crippen LogP contribution is 2.19. The monoisotopic (exact) mass is 244 g/mol. The molecule has 0 aromatic rings. The number of imide groups is 1. The standard InChI is InChI=1S/C11H20N2O4/c1-10(2,3)13-9(17)12-7(14)6-11(4,5)8(15)16/h6H2,1-5H3,(H,15,16)(H2,12,13,14,17). The van der Waals surface area contributed by atoms with E-state index in [1.165, 1.54) is 13.8 Å². The van der Waals surface area contributed by atoms with E-state index in [1.807, 2.05) is 0 Å². The summed E-state index contributed by atoms with van der Waals surface area (Å²) >= 11 is 0. The Labute approximate surface area is 101 Å². The Morgan fingerprint density at radius 1 is 1.06 bits per heavy atom. The molecule has 0 radical (unpaired) electrons. The van der Waals surface area contributed by atoms with Crippen molar-refractivity contribution in [1.29, 1.82) is 0 Å². The minimum absolute atomic E-state index is 0.250. The van der Waals surface area contributed by atoms with Crippen molar-refractivity contribution < 1.29 is 19.5 Å². The van der Waals surface area contributed by atoms with Crippen LogP contribution in [0.1, 0.15) is 41.0 Å². The molecule has 0 rings (SSSR count). The fraction of sp³-hybridized carbons (Fsp3) is 0.727. The van der Waals surface area contributed by atoms with E-state index in [4.69, 9.17) is 5.11 Å². The molecule has 0 fully saturated rings. The molecular weight excluding hydrogens is 224 g/mol. The molecule has 17 heavy (non-hydrogen) atoms. The first kappa shape index (κ1) is 15.4. The van der Waals surface area contributed by atoms with Crippen LogP contribution in [-0.2, 0) is 9.59 Å². The maximum absolute atomic E-state index is 11.4. The van der Waals surface area contributed by atoms with Gasteiger partial charge in [-0.05, 0) is 34.6 Å². The molecule has 0 bridgehead atoms. The number of carboxylic acids is 1. The zero-order valence-electron chi connectivity index (χ0n) is 10.9. The quantitative estimate of drug-likeness (QED) is 0.693. The Bertz CT molecular complexity index is 329. The molecular formula is C11H20N2O4. The van der Waals surface area contributed by atoms with E-state index in [-0.39, 0.29) is 6.42 Å². The van der Waals surface area contributed by atoms with Gasteiger partial charge in [0, 0.05) is 12.0 Å². The highest BCUT2D eigenvalue weighted by atomic mass is 16.4. The SMILES string of the molecule is CC(C)(C)NC(=O)NC(=O)CC(C)(C)C(=O)O. The minimum atomic E-state index is -1.19. The second-order valence-electron chi connectivity index (χ2n) is 5.62. The van der Waals surface area contributed by atoms with Crippen LogP contribution in [0.2, 0.25) is 0 Å². The molecule has 0 aromatic heterocycles. The molecule has 0 spiro atoms. The molecule has 3 N–H and O–H groups in total. The molecule has 6 heteroatoms. The molecule has 0 aliphatic carbocycles. The van der Waals surface area contributed by atoms with Crippen LogP contribution in [-0.4, -0.2) is 28.6 Å². The van der Waals surface area contributed by atoms with E-state index < -0.39 is 28.9 Å². The summed E-state index contributed by atoms with van der Waals surface area (Å²) in [5.74, 6) is -1.69. The van der Waals surface area contributed by atoms with Gasteiger partial charge in [0.15, 0.2) is 0 Å². The number of aliphatic carboxylic acids is 1. The van der Waals surface area contributed by atoms with Crippen molar-refractivity contribution >= 4 is 17.9 Å². The van der Waals surface area contributed by atoms with Crippen LogP contribution < -0.4 is 10.6 Å². The third-order valence-corrected chi connectivity index (χ3v) is 1.92. The third-order valence-electron chi connectivity index (χ3n) is 1.92. The van der Waals surface area contributed by atoms with Crippen molar-refractivity contribution in [2.75, 3.05) is 0 Å². The van der Waals surface area contributed by atoms with Crippen LogP contribution in [0.15, 0.2) is 0 Å². The van der Waals surface area contributed by atoms with E-state index in [0.29, 0.717) is 0 Å². The Morgan fingerprint density at radius 3 is 1.88 bits per heavy atom. The number of carboxylic acid groups (broad SMARTS) is 1. The molecule has 0 saturated carbocycles. The van der Waals surface area contributed by atoms with Gasteiger partial charge in [0.1, 0.15) is 0 Å². The molecule has 98 valence electrons. The number of hydrogen-bond donors (Lipinski definition) is 3. The molecule has 0 aliphatic heterocycles. The van der Waals surface area contributed by atoms with E-state index in [1.54, 1.807) is 20.8 Å². The lowest BCUT2D eigenvalue weighted by atomic mass is 9.89. The van der Waals surface area contributed by atoms with Crippen molar-refractivity contribution in [3.63, 3.8) is 0 Å². The number of urea groups is 1. The van der Waals surface area contributed by atoms with Crippen molar-refractivity contribution in [3.8, 4) is 0 Å². The van der Waals surface area contributed by atoms with E-state index in [9.17, 15) is 14.4 Å². The summed E-state index contributed by atoms with van der Waals surface area (Å²) in [4.78, 5) is 33.5. The van der Waals surface area contributed by atoms with Gasteiger partial charge in [-0.15, -0.1) is 0 Å². The van der Waals surface area contributed by atoms with Crippen LogP contribution in [0.4, 0.5) is 4.79 Å². The van der Waals surface area contributed by atoms with Gasteiger partial charge < -0.3 is 10.4 Å². The maximum Gasteiger partial charge on any atom is 0.321 e. The average Bonchev–Trinajstić information content (AvgIpc) is 1.96. The highest BCUT2D eigenvalue weighted by Gasteiger charge is 2.30. The fourth-order valence-electron chi connectivity index (χ4n) is 1.02. The average molecular weight is 244 g/mol. The van der Waals surface area contributed by atoms with E-state index >= 15 is 0 Å². The van der Waals surface area contributed by atoms with Gasteiger partial charge >= 0.3 is 12.0 Å². The zero-order valence-corrected chi connectivity index (χ0v) is 10.9. The van der Waals surface area contributed by atoms with Crippen molar-refractivity contribution in [3.05, 3.63) is 0 Å². The number of rotatable bonds is 3. The van der Waals surface area contributed by atoms with Gasteiger partial charge in [-0.25, -0.2) is 4.79 Å². The lowest BCUT2D eigenvalue weighted by Crippen LogP contribution is -2.49. The molecule has 0 unspecified atom stereocenters. The molecule has 0 saturated heterocycles. The number of nitrogens with one attached hydrogen (secondary N) is 2.